The van der Waals surface area contributed by atoms with Crippen LogP contribution in [0, 0.1) is 11.3 Å². The Hall–Kier alpha value is -3.33. The standard InChI is InChI=1S/C21H25N5O/c1-3-24-21(26-15-18-8-4-7-17(12-18)14-22)25-11-10-16-6-5-9-19(13-16)20(27)23-2/h4-9,12-13H,3,10-11,15H2,1-2H3,(H,23,27)(H2,24,25,26). The molecule has 0 atom stereocenters. The number of nitriles is 1. The molecule has 0 radical (unpaired) electrons. The molecule has 0 unspecified atom stereocenters. The monoisotopic (exact) mass is 363 g/mol. The van der Waals surface area contributed by atoms with Gasteiger partial charge in [-0.3, -0.25) is 4.79 Å². The molecule has 2 aromatic rings. The zero-order valence-corrected chi connectivity index (χ0v) is 15.7. The molecule has 3 N–H and O–H groups in total. The Morgan fingerprint density at radius 2 is 1.89 bits per heavy atom. The number of carbonyl (C=O) groups excluding carboxylic acids is 1. The minimum Gasteiger partial charge on any atom is -0.357 e. The van der Waals surface area contributed by atoms with Crippen LogP contribution in [0.5, 0.6) is 0 Å². The molecule has 0 aromatic heterocycles. The Morgan fingerprint density at radius 1 is 1.11 bits per heavy atom. The zero-order valence-electron chi connectivity index (χ0n) is 15.7. The van der Waals surface area contributed by atoms with Crippen LogP contribution >= 0.6 is 0 Å². The summed E-state index contributed by atoms with van der Waals surface area (Å²) in [6.45, 7) is 3.97. The van der Waals surface area contributed by atoms with E-state index < -0.39 is 0 Å². The molecule has 0 aliphatic rings. The number of carbonyl (C=O) groups is 1. The zero-order chi connectivity index (χ0) is 19.5. The average Bonchev–Trinajstić information content (AvgIpc) is 2.71. The van der Waals surface area contributed by atoms with E-state index in [4.69, 9.17) is 5.26 Å². The number of hydrogen-bond donors (Lipinski definition) is 3. The van der Waals surface area contributed by atoms with Crippen LogP contribution in [0.2, 0.25) is 0 Å². The molecule has 0 heterocycles. The molecular formula is C21H25N5O. The lowest BCUT2D eigenvalue weighted by atomic mass is 10.1. The molecule has 2 aromatic carbocycles. The number of nitrogens with zero attached hydrogens (tertiary/aromatic N) is 2. The second-order valence-electron chi connectivity index (χ2n) is 5.96. The summed E-state index contributed by atoms with van der Waals surface area (Å²) < 4.78 is 0. The van der Waals surface area contributed by atoms with Crippen LogP contribution in [0.4, 0.5) is 0 Å². The molecule has 0 aliphatic carbocycles. The normalized spacial score (nSPS) is 10.8. The Morgan fingerprint density at radius 3 is 2.63 bits per heavy atom. The summed E-state index contributed by atoms with van der Waals surface area (Å²) in [7, 11) is 1.63. The number of benzene rings is 2. The Balaban J connectivity index is 1.94. The number of rotatable bonds is 7. The molecule has 140 valence electrons. The van der Waals surface area contributed by atoms with Crippen molar-refractivity contribution in [1.82, 2.24) is 16.0 Å². The molecule has 0 fully saturated rings. The number of nitrogens with one attached hydrogen (secondary N) is 3. The SMILES string of the molecule is CCNC(=NCc1cccc(C#N)c1)NCCc1cccc(C(=O)NC)c1. The van der Waals surface area contributed by atoms with Crippen molar-refractivity contribution in [3.8, 4) is 6.07 Å². The van der Waals surface area contributed by atoms with Crippen molar-refractivity contribution >= 4 is 11.9 Å². The lowest BCUT2D eigenvalue weighted by Crippen LogP contribution is -2.38. The molecule has 6 heteroatoms. The van der Waals surface area contributed by atoms with Gasteiger partial charge < -0.3 is 16.0 Å². The van der Waals surface area contributed by atoms with Crippen molar-refractivity contribution in [2.75, 3.05) is 20.1 Å². The topological polar surface area (TPSA) is 89.3 Å². The Kier molecular flexibility index (Phi) is 7.86. The summed E-state index contributed by atoms with van der Waals surface area (Å²) in [5, 5.41) is 18.1. The highest BCUT2D eigenvalue weighted by molar-refractivity contribution is 5.94. The fraction of sp³-hybridized carbons (Fsp3) is 0.286. The van der Waals surface area contributed by atoms with Gasteiger partial charge in [0.15, 0.2) is 5.96 Å². The van der Waals surface area contributed by atoms with Crippen molar-refractivity contribution in [3.63, 3.8) is 0 Å². The number of guanidine groups is 1. The van der Waals surface area contributed by atoms with Crippen LogP contribution in [0.25, 0.3) is 0 Å². The van der Waals surface area contributed by atoms with E-state index in [-0.39, 0.29) is 5.91 Å². The lowest BCUT2D eigenvalue weighted by Gasteiger charge is -2.12. The molecule has 0 saturated heterocycles. The maximum Gasteiger partial charge on any atom is 0.251 e. The molecule has 27 heavy (non-hydrogen) atoms. The largest absolute Gasteiger partial charge is 0.357 e. The highest BCUT2D eigenvalue weighted by atomic mass is 16.1. The number of hydrogen-bond acceptors (Lipinski definition) is 3. The predicted molar refractivity (Wildman–Crippen MR) is 108 cm³/mol. The fourth-order valence-corrected chi connectivity index (χ4v) is 2.59. The van der Waals surface area contributed by atoms with E-state index >= 15 is 0 Å². The third-order valence-corrected chi connectivity index (χ3v) is 3.94. The van der Waals surface area contributed by atoms with Gasteiger partial charge in [-0.25, -0.2) is 4.99 Å². The van der Waals surface area contributed by atoms with Gasteiger partial charge in [0.05, 0.1) is 18.2 Å². The van der Waals surface area contributed by atoms with Gasteiger partial charge in [-0.05, 0) is 48.7 Å². The molecule has 0 saturated carbocycles. The molecule has 0 bridgehead atoms. The van der Waals surface area contributed by atoms with Gasteiger partial charge >= 0.3 is 0 Å². The van der Waals surface area contributed by atoms with Crippen molar-refractivity contribution in [3.05, 3.63) is 70.8 Å². The van der Waals surface area contributed by atoms with E-state index in [0.29, 0.717) is 24.2 Å². The fourth-order valence-electron chi connectivity index (χ4n) is 2.59. The van der Waals surface area contributed by atoms with E-state index in [0.717, 1.165) is 30.1 Å². The smallest absolute Gasteiger partial charge is 0.251 e. The van der Waals surface area contributed by atoms with Crippen LogP contribution in [-0.2, 0) is 13.0 Å². The maximum atomic E-state index is 11.7. The Bertz CT molecular complexity index is 838. The van der Waals surface area contributed by atoms with Gasteiger partial charge in [0, 0.05) is 25.7 Å². The van der Waals surface area contributed by atoms with Crippen molar-refractivity contribution in [2.24, 2.45) is 4.99 Å². The summed E-state index contributed by atoms with van der Waals surface area (Å²) in [4.78, 5) is 16.3. The Labute approximate surface area is 160 Å². The summed E-state index contributed by atoms with van der Waals surface area (Å²) in [5.74, 6) is 0.640. The maximum absolute atomic E-state index is 11.7. The number of amides is 1. The van der Waals surface area contributed by atoms with Crippen LogP contribution in [-0.4, -0.2) is 32.0 Å². The molecule has 0 aliphatic heterocycles. The molecule has 2 rings (SSSR count). The summed E-state index contributed by atoms with van der Waals surface area (Å²) in [6, 6.07) is 17.2. The quantitative estimate of drug-likeness (QED) is 0.520. The van der Waals surface area contributed by atoms with Crippen LogP contribution in [0.15, 0.2) is 53.5 Å². The summed E-state index contributed by atoms with van der Waals surface area (Å²) in [6.07, 6.45) is 0.777. The van der Waals surface area contributed by atoms with E-state index in [2.05, 4.69) is 27.0 Å². The van der Waals surface area contributed by atoms with Crippen molar-refractivity contribution in [1.29, 1.82) is 5.26 Å². The van der Waals surface area contributed by atoms with Crippen molar-refractivity contribution in [2.45, 2.75) is 19.9 Å². The van der Waals surface area contributed by atoms with Gasteiger partial charge in [0.2, 0.25) is 0 Å². The average molecular weight is 363 g/mol. The van der Waals surface area contributed by atoms with E-state index in [1.807, 2.05) is 43.3 Å². The highest BCUT2D eigenvalue weighted by Gasteiger charge is 2.04. The van der Waals surface area contributed by atoms with E-state index in [1.165, 1.54) is 0 Å². The van der Waals surface area contributed by atoms with Crippen LogP contribution in [0.1, 0.15) is 34.0 Å². The van der Waals surface area contributed by atoms with Gasteiger partial charge in [-0.15, -0.1) is 0 Å². The molecule has 0 spiro atoms. The van der Waals surface area contributed by atoms with E-state index in [9.17, 15) is 4.79 Å². The molecule has 6 nitrogen and oxygen atoms in total. The summed E-state index contributed by atoms with van der Waals surface area (Å²) >= 11 is 0. The highest BCUT2D eigenvalue weighted by Crippen LogP contribution is 2.07. The van der Waals surface area contributed by atoms with E-state index in [1.54, 1.807) is 19.2 Å². The lowest BCUT2D eigenvalue weighted by molar-refractivity contribution is 0.0963. The van der Waals surface area contributed by atoms with Gasteiger partial charge in [0.25, 0.3) is 5.91 Å². The third-order valence-electron chi connectivity index (χ3n) is 3.94. The van der Waals surface area contributed by atoms with Gasteiger partial charge in [-0.2, -0.15) is 5.26 Å². The molecule has 1 amide bonds. The van der Waals surface area contributed by atoms with Crippen LogP contribution < -0.4 is 16.0 Å². The first-order valence-electron chi connectivity index (χ1n) is 8.98. The number of aliphatic imine (C=N–C) groups is 1. The minimum atomic E-state index is -0.0840. The second-order valence-corrected chi connectivity index (χ2v) is 5.96. The predicted octanol–water partition coefficient (Wildman–Crippen LogP) is 2.22. The first-order chi connectivity index (χ1) is 13.2. The first-order valence-corrected chi connectivity index (χ1v) is 8.98. The first kappa shape index (κ1) is 20.0. The minimum absolute atomic E-state index is 0.0840. The van der Waals surface area contributed by atoms with Gasteiger partial charge in [-0.1, -0.05) is 24.3 Å². The second kappa shape index (κ2) is 10.6. The third kappa shape index (κ3) is 6.48. The van der Waals surface area contributed by atoms with Crippen molar-refractivity contribution < 1.29 is 4.79 Å². The van der Waals surface area contributed by atoms with Crippen LogP contribution in [0.3, 0.4) is 0 Å². The van der Waals surface area contributed by atoms with Gasteiger partial charge in [0.1, 0.15) is 0 Å². The molecular weight excluding hydrogens is 338 g/mol. The summed E-state index contributed by atoms with van der Waals surface area (Å²) in [5.41, 5.74) is 3.37.